The number of carbonyl (C=O) groups is 1. The quantitative estimate of drug-likeness (QED) is 0.499. The number of rotatable bonds is 8. The summed E-state index contributed by atoms with van der Waals surface area (Å²) in [6.45, 7) is 2.61. The van der Waals surface area contributed by atoms with Crippen LogP contribution in [0.1, 0.15) is 66.6 Å². The van der Waals surface area contributed by atoms with E-state index < -0.39 is 47.5 Å². The zero-order valence-electron chi connectivity index (χ0n) is 20.9. The maximum Gasteiger partial charge on any atom is 0.266 e. The van der Waals surface area contributed by atoms with Crippen molar-refractivity contribution in [3.63, 3.8) is 0 Å². The molecule has 37 heavy (non-hydrogen) atoms. The Bertz CT molecular complexity index is 1230. The molecule has 2 saturated carbocycles. The fourth-order valence-corrected chi connectivity index (χ4v) is 6.08. The summed E-state index contributed by atoms with van der Waals surface area (Å²) in [5, 5.41) is 6.15. The van der Waals surface area contributed by atoms with Crippen LogP contribution in [0.25, 0.3) is 0 Å². The number of nitrogens with zero attached hydrogens (tertiary/aromatic N) is 2. The second-order valence-electron chi connectivity index (χ2n) is 10.9. The predicted octanol–water partition coefficient (Wildman–Crippen LogP) is 4.63. The highest BCUT2D eigenvalue weighted by Gasteiger charge is 2.46. The predicted molar refractivity (Wildman–Crippen MR) is 132 cm³/mol. The Kier molecular flexibility index (Phi) is 6.81. The molecule has 3 aliphatic rings. The monoisotopic (exact) mass is 520 g/mol. The number of nitrogens with one attached hydrogen (secondary N) is 2. The molecule has 5 rings (SSSR count). The molecular weight excluding hydrogens is 488 g/mol. The zero-order valence-corrected chi connectivity index (χ0v) is 20.9. The molecule has 3 fully saturated rings. The molecular formula is C27H32F4N4O2. The number of aromatic nitrogens is 1. The highest BCUT2D eigenvalue weighted by atomic mass is 19.3. The Hall–Kier alpha value is -2.88. The largest absolute Gasteiger partial charge is 0.381 e. The van der Waals surface area contributed by atoms with Crippen LogP contribution in [0.2, 0.25) is 0 Å². The maximum absolute atomic E-state index is 14.7. The summed E-state index contributed by atoms with van der Waals surface area (Å²) >= 11 is 0. The van der Waals surface area contributed by atoms with Gasteiger partial charge in [0.2, 0.25) is 0 Å². The topological polar surface area (TPSA) is 66.4 Å². The van der Waals surface area contributed by atoms with E-state index in [1.165, 1.54) is 35.9 Å². The van der Waals surface area contributed by atoms with Crippen molar-refractivity contribution in [2.24, 2.45) is 11.8 Å². The number of piperidine rings is 1. The van der Waals surface area contributed by atoms with E-state index in [1.54, 1.807) is 0 Å². The molecule has 2 N–H and O–H groups in total. The molecule has 10 heteroatoms. The van der Waals surface area contributed by atoms with Crippen molar-refractivity contribution in [1.29, 1.82) is 0 Å². The molecule has 1 saturated heterocycles. The average molecular weight is 521 g/mol. The van der Waals surface area contributed by atoms with Crippen LogP contribution < -0.4 is 16.2 Å². The molecule has 6 nitrogen and oxygen atoms in total. The molecule has 1 aromatic carbocycles. The molecule has 0 radical (unpaired) electrons. The smallest absolute Gasteiger partial charge is 0.266 e. The number of amides is 1. The van der Waals surface area contributed by atoms with Gasteiger partial charge in [0.25, 0.3) is 17.9 Å². The van der Waals surface area contributed by atoms with Gasteiger partial charge in [0.1, 0.15) is 12.5 Å². The number of halogens is 4. The van der Waals surface area contributed by atoms with Crippen molar-refractivity contribution in [1.82, 2.24) is 14.8 Å². The lowest BCUT2D eigenvalue weighted by Gasteiger charge is -2.37. The van der Waals surface area contributed by atoms with Gasteiger partial charge in [0.15, 0.2) is 0 Å². The van der Waals surface area contributed by atoms with Crippen molar-refractivity contribution in [3.8, 4) is 0 Å². The lowest BCUT2D eigenvalue weighted by atomic mass is 9.92. The average Bonchev–Trinajstić information content (AvgIpc) is 3.60. The van der Waals surface area contributed by atoms with Gasteiger partial charge in [0.05, 0.1) is 28.4 Å². The van der Waals surface area contributed by atoms with Gasteiger partial charge in [-0.25, -0.2) is 17.6 Å². The van der Waals surface area contributed by atoms with Gasteiger partial charge in [0, 0.05) is 37.0 Å². The number of pyridine rings is 1. The molecule has 2 aliphatic carbocycles. The van der Waals surface area contributed by atoms with Crippen molar-refractivity contribution in [2.75, 3.05) is 32.1 Å². The Morgan fingerprint density at radius 3 is 2.41 bits per heavy atom. The summed E-state index contributed by atoms with van der Waals surface area (Å²) < 4.78 is 56.3. The van der Waals surface area contributed by atoms with Crippen LogP contribution in [0, 0.1) is 17.7 Å². The SMILES string of the molecule is CC(NC(=O)c1cn(C2(CF)CC2)c(=O)cc1N[C@@H]1[C@@H]2CC[C@H]1CN(C)C2)c1cccc(C(F)F)c1F. The van der Waals surface area contributed by atoms with Crippen molar-refractivity contribution in [3.05, 3.63) is 63.3 Å². The van der Waals surface area contributed by atoms with E-state index >= 15 is 0 Å². The third-order valence-corrected chi connectivity index (χ3v) is 8.33. The summed E-state index contributed by atoms with van der Waals surface area (Å²) in [5.74, 6) is -0.924. The zero-order chi connectivity index (χ0) is 26.5. The highest BCUT2D eigenvalue weighted by Crippen LogP contribution is 2.44. The fourth-order valence-electron chi connectivity index (χ4n) is 6.08. The van der Waals surface area contributed by atoms with Crippen LogP contribution in [0.15, 0.2) is 35.3 Å². The Labute approximate surface area is 213 Å². The molecule has 1 amide bonds. The van der Waals surface area contributed by atoms with E-state index in [4.69, 9.17) is 0 Å². The summed E-state index contributed by atoms with van der Waals surface area (Å²) in [5.41, 5.74) is -1.63. The second-order valence-corrected chi connectivity index (χ2v) is 10.9. The van der Waals surface area contributed by atoms with E-state index in [1.807, 2.05) is 0 Å². The third kappa shape index (κ3) is 4.76. The van der Waals surface area contributed by atoms with Crippen molar-refractivity contribution >= 4 is 11.6 Å². The number of anilines is 1. The highest BCUT2D eigenvalue weighted by molar-refractivity contribution is 5.99. The summed E-state index contributed by atoms with van der Waals surface area (Å²) in [6.07, 6.45) is 1.50. The van der Waals surface area contributed by atoms with E-state index in [9.17, 15) is 27.2 Å². The Balaban J connectivity index is 1.47. The van der Waals surface area contributed by atoms with Crippen LogP contribution in [0.4, 0.5) is 23.2 Å². The minimum Gasteiger partial charge on any atom is -0.381 e. The van der Waals surface area contributed by atoms with E-state index in [0.29, 0.717) is 30.4 Å². The van der Waals surface area contributed by atoms with Gasteiger partial charge in [-0.1, -0.05) is 18.2 Å². The first-order chi connectivity index (χ1) is 17.6. The van der Waals surface area contributed by atoms with E-state index in [0.717, 1.165) is 32.0 Å². The minimum absolute atomic E-state index is 0.0650. The third-order valence-electron chi connectivity index (χ3n) is 8.33. The molecule has 4 atom stereocenters. The first-order valence-corrected chi connectivity index (χ1v) is 12.8. The number of carbonyl (C=O) groups excluding carboxylic acids is 1. The molecule has 2 heterocycles. The summed E-state index contributed by atoms with van der Waals surface area (Å²) in [4.78, 5) is 28.8. The molecule has 0 spiro atoms. The van der Waals surface area contributed by atoms with Crippen molar-refractivity contribution < 1.29 is 22.4 Å². The lowest BCUT2D eigenvalue weighted by molar-refractivity contribution is 0.0938. The normalized spacial score (nSPS) is 25.2. The van der Waals surface area contributed by atoms with Gasteiger partial charge in [-0.3, -0.25) is 9.59 Å². The van der Waals surface area contributed by atoms with Crippen LogP contribution in [0.5, 0.6) is 0 Å². The number of benzene rings is 1. The second kappa shape index (κ2) is 9.78. The van der Waals surface area contributed by atoms with Gasteiger partial charge in [-0.05, 0) is 51.5 Å². The molecule has 200 valence electrons. The first-order valence-electron chi connectivity index (χ1n) is 12.8. The van der Waals surface area contributed by atoms with Gasteiger partial charge < -0.3 is 20.1 Å². The lowest BCUT2D eigenvalue weighted by Crippen LogP contribution is -2.47. The molecule has 1 aliphatic heterocycles. The van der Waals surface area contributed by atoms with E-state index in [-0.39, 0.29) is 17.2 Å². The summed E-state index contributed by atoms with van der Waals surface area (Å²) in [6, 6.07) is 4.21. The van der Waals surface area contributed by atoms with Crippen LogP contribution >= 0.6 is 0 Å². The summed E-state index contributed by atoms with van der Waals surface area (Å²) in [7, 11) is 2.08. The van der Waals surface area contributed by atoms with Crippen LogP contribution in [-0.2, 0) is 5.54 Å². The van der Waals surface area contributed by atoms with Gasteiger partial charge in [-0.2, -0.15) is 0 Å². The van der Waals surface area contributed by atoms with E-state index in [2.05, 4.69) is 22.6 Å². The molecule has 1 unspecified atom stereocenters. The number of hydrogen-bond acceptors (Lipinski definition) is 4. The fraction of sp³-hybridized carbons (Fsp3) is 0.556. The van der Waals surface area contributed by atoms with Crippen molar-refractivity contribution in [2.45, 2.75) is 56.7 Å². The number of fused-ring (bicyclic) bond motifs is 2. The molecule has 2 aromatic rings. The van der Waals surface area contributed by atoms with Gasteiger partial charge in [-0.15, -0.1) is 0 Å². The molecule has 1 aromatic heterocycles. The number of likely N-dealkylation sites (tertiary alicyclic amines) is 1. The number of alkyl halides is 3. The maximum atomic E-state index is 14.7. The van der Waals surface area contributed by atoms with Gasteiger partial charge >= 0.3 is 0 Å². The Morgan fingerprint density at radius 2 is 1.81 bits per heavy atom. The van der Waals surface area contributed by atoms with Crippen LogP contribution in [0.3, 0.4) is 0 Å². The standard InChI is InChI=1S/C27H32F4N4O2/c1-15(18-4-3-5-19(23(18)29)25(30)31)32-26(37)20-13-35(27(14-28)8-9-27)22(36)10-21(20)33-24-16-6-7-17(24)12-34(2)11-16/h3-5,10,13,15-17,24-25,33H,6-9,11-12,14H2,1-2H3,(H,32,37)/t15?,16-,17+,24-. The van der Waals surface area contributed by atoms with Crippen LogP contribution in [-0.4, -0.2) is 48.2 Å². The molecule has 2 bridgehead atoms. The Morgan fingerprint density at radius 1 is 1.16 bits per heavy atom. The first kappa shape index (κ1) is 25.8. The minimum atomic E-state index is -2.98. The number of hydrogen-bond donors (Lipinski definition) is 2.